The average Bonchev–Trinajstić information content (AvgIpc) is 3.60. The van der Waals surface area contributed by atoms with Crippen molar-refractivity contribution in [2.45, 2.75) is 38.0 Å². The molecule has 0 spiro atoms. The highest BCUT2D eigenvalue weighted by atomic mass is 32.1. The van der Waals surface area contributed by atoms with Crippen LogP contribution in [0.4, 0.5) is 0 Å². The fraction of sp³-hybridized carbons (Fsp3) is 0.433. The molecule has 0 radical (unpaired) electrons. The molecule has 1 fully saturated rings. The van der Waals surface area contributed by atoms with E-state index in [9.17, 15) is 9.90 Å². The van der Waals surface area contributed by atoms with Crippen LogP contribution >= 0.6 is 11.3 Å². The molecule has 3 aromatic rings. The lowest BCUT2D eigenvalue weighted by atomic mass is 10.0. The summed E-state index contributed by atoms with van der Waals surface area (Å²) in [4.78, 5) is 19.1. The minimum absolute atomic E-state index is 0.0940. The zero-order valence-electron chi connectivity index (χ0n) is 21.2. The highest BCUT2D eigenvalue weighted by molar-refractivity contribution is 7.10. The van der Waals surface area contributed by atoms with Gasteiger partial charge in [0.05, 0.1) is 31.9 Å². The average molecular weight is 521 g/mol. The van der Waals surface area contributed by atoms with Crippen LogP contribution in [0.3, 0.4) is 0 Å². The zero-order chi connectivity index (χ0) is 25.5. The van der Waals surface area contributed by atoms with E-state index in [1.807, 2.05) is 65.6 Å². The Hall–Kier alpha value is -2.71. The first kappa shape index (κ1) is 25.9. The molecule has 2 aromatic carbocycles. The molecule has 5 rings (SSSR count). The molecule has 1 N–H and O–H groups in total. The van der Waals surface area contributed by atoms with E-state index in [0.29, 0.717) is 38.8 Å². The number of thiophene rings is 1. The van der Waals surface area contributed by atoms with Gasteiger partial charge in [0.15, 0.2) is 0 Å². The van der Waals surface area contributed by atoms with Gasteiger partial charge in [-0.1, -0.05) is 48.5 Å². The molecule has 2 heterocycles. The fourth-order valence-corrected chi connectivity index (χ4v) is 5.88. The zero-order valence-corrected chi connectivity index (χ0v) is 22.0. The summed E-state index contributed by atoms with van der Waals surface area (Å²) >= 11 is 1.76. The summed E-state index contributed by atoms with van der Waals surface area (Å²) < 4.78 is 11.9. The number of fused-ring (bicyclic) bond motifs is 1. The van der Waals surface area contributed by atoms with Crippen molar-refractivity contribution < 1.29 is 19.4 Å². The lowest BCUT2D eigenvalue weighted by Crippen LogP contribution is -2.48. The van der Waals surface area contributed by atoms with Crippen molar-refractivity contribution in [3.63, 3.8) is 0 Å². The van der Waals surface area contributed by atoms with Crippen molar-refractivity contribution in [2.24, 2.45) is 5.92 Å². The molecular weight excluding hydrogens is 484 g/mol. The van der Waals surface area contributed by atoms with Gasteiger partial charge in [0, 0.05) is 24.5 Å². The van der Waals surface area contributed by atoms with Crippen LogP contribution < -0.4 is 4.74 Å². The number of nitrogens with zero attached hydrogens (tertiary/aromatic N) is 2. The SMILES string of the molecule is O=C(CN(CC(O)COCc1ccccc1)CC1CC1)N1CCc2sccc2C1COc1ccccc1. The molecule has 1 aliphatic heterocycles. The number of ether oxygens (including phenoxy) is 2. The first-order chi connectivity index (χ1) is 18.2. The van der Waals surface area contributed by atoms with Crippen molar-refractivity contribution in [1.82, 2.24) is 9.80 Å². The second kappa shape index (κ2) is 12.7. The summed E-state index contributed by atoms with van der Waals surface area (Å²) in [5.74, 6) is 1.52. The van der Waals surface area contributed by atoms with E-state index in [4.69, 9.17) is 9.47 Å². The van der Waals surface area contributed by atoms with E-state index in [1.54, 1.807) is 11.3 Å². The molecule has 2 unspecified atom stereocenters. The highest BCUT2D eigenvalue weighted by Crippen LogP contribution is 2.34. The number of hydrogen-bond acceptors (Lipinski definition) is 6. The second-order valence-corrected chi connectivity index (χ2v) is 11.1. The Balaban J connectivity index is 1.19. The maximum absolute atomic E-state index is 13.7. The molecule has 1 amide bonds. The maximum Gasteiger partial charge on any atom is 0.237 e. The van der Waals surface area contributed by atoms with Crippen LogP contribution in [0.2, 0.25) is 0 Å². The number of amides is 1. The van der Waals surface area contributed by atoms with Crippen molar-refractivity contribution in [3.05, 3.63) is 88.1 Å². The lowest BCUT2D eigenvalue weighted by Gasteiger charge is -2.37. The predicted molar refractivity (Wildman–Crippen MR) is 146 cm³/mol. The van der Waals surface area contributed by atoms with Crippen LogP contribution in [0.1, 0.15) is 34.9 Å². The number of carbonyl (C=O) groups is 1. The molecule has 196 valence electrons. The standard InChI is InChI=1S/C30H36N2O4S/c33-25(21-35-20-24-7-3-1-4-8-24)18-31(17-23-11-12-23)19-30(34)32-15-13-29-27(14-16-37-29)28(32)22-36-26-9-5-2-6-10-26/h1-10,14,16,23,25,28,33H,11-13,15,17-22H2. The number of aliphatic hydroxyl groups is 1. The number of hydrogen-bond donors (Lipinski definition) is 1. The second-order valence-electron chi connectivity index (χ2n) is 10.1. The Morgan fingerprint density at radius 3 is 2.59 bits per heavy atom. The minimum Gasteiger partial charge on any atom is -0.491 e. The topological polar surface area (TPSA) is 62.2 Å². The predicted octanol–water partition coefficient (Wildman–Crippen LogP) is 4.54. The Labute approximate surface area is 223 Å². The molecule has 1 saturated carbocycles. The van der Waals surface area contributed by atoms with Gasteiger partial charge in [-0.05, 0) is 59.9 Å². The molecule has 1 aromatic heterocycles. The third-order valence-corrected chi connectivity index (χ3v) is 8.03. The van der Waals surface area contributed by atoms with Crippen LogP contribution in [0.5, 0.6) is 5.75 Å². The molecule has 0 bridgehead atoms. The van der Waals surface area contributed by atoms with Crippen LogP contribution in [-0.4, -0.2) is 66.3 Å². The Kier molecular flexibility index (Phi) is 8.89. The third kappa shape index (κ3) is 7.42. The highest BCUT2D eigenvalue weighted by Gasteiger charge is 2.34. The van der Waals surface area contributed by atoms with Crippen molar-refractivity contribution >= 4 is 17.2 Å². The molecule has 7 heteroatoms. The number of carbonyl (C=O) groups excluding carboxylic acids is 1. The molecule has 1 aliphatic carbocycles. The Morgan fingerprint density at radius 1 is 1.08 bits per heavy atom. The van der Waals surface area contributed by atoms with E-state index in [2.05, 4.69) is 16.3 Å². The van der Waals surface area contributed by atoms with Gasteiger partial charge in [-0.3, -0.25) is 9.69 Å². The summed E-state index contributed by atoms with van der Waals surface area (Å²) in [6, 6.07) is 21.8. The van der Waals surface area contributed by atoms with Crippen molar-refractivity contribution in [3.8, 4) is 5.75 Å². The van der Waals surface area contributed by atoms with Crippen molar-refractivity contribution in [2.75, 3.05) is 39.4 Å². The summed E-state index contributed by atoms with van der Waals surface area (Å²) in [5.41, 5.74) is 2.28. The van der Waals surface area contributed by atoms with Gasteiger partial charge < -0.3 is 19.5 Å². The largest absolute Gasteiger partial charge is 0.491 e. The van der Waals surface area contributed by atoms with Crippen LogP contribution in [-0.2, 0) is 22.6 Å². The van der Waals surface area contributed by atoms with Crippen molar-refractivity contribution in [1.29, 1.82) is 0 Å². The normalized spacial score (nSPS) is 18.0. The maximum atomic E-state index is 13.7. The van der Waals surface area contributed by atoms with Crippen LogP contribution in [0.25, 0.3) is 0 Å². The minimum atomic E-state index is -0.641. The molecular formula is C30H36N2O4S. The van der Waals surface area contributed by atoms with Gasteiger partial charge in [-0.2, -0.15) is 0 Å². The van der Waals surface area contributed by atoms with E-state index < -0.39 is 6.10 Å². The van der Waals surface area contributed by atoms with Gasteiger partial charge in [0.1, 0.15) is 12.4 Å². The summed E-state index contributed by atoms with van der Waals surface area (Å²) in [6.45, 7) is 3.41. The Morgan fingerprint density at radius 2 is 1.84 bits per heavy atom. The van der Waals surface area contributed by atoms with Gasteiger partial charge >= 0.3 is 0 Å². The molecule has 6 nitrogen and oxygen atoms in total. The Bertz CT molecular complexity index is 1120. The van der Waals surface area contributed by atoms with Gasteiger partial charge in [-0.15, -0.1) is 11.3 Å². The number of benzene rings is 2. The van der Waals surface area contributed by atoms with E-state index in [0.717, 1.165) is 24.3 Å². The monoisotopic (exact) mass is 520 g/mol. The van der Waals surface area contributed by atoms with E-state index in [-0.39, 0.29) is 18.6 Å². The number of para-hydroxylation sites is 1. The third-order valence-electron chi connectivity index (χ3n) is 7.03. The lowest BCUT2D eigenvalue weighted by molar-refractivity contribution is -0.136. The molecule has 2 aliphatic rings. The number of aliphatic hydroxyl groups excluding tert-OH is 1. The van der Waals surface area contributed by atoms with Gasteiger partial charge in [0.2, 0.25) is 5.91 Å². The van der Waals surface area contributed by atoms with Gasteiger partial charge in [-0.25, -0.2) is 0 Å². The summed E-state index contributed by atoms with van der Waals surface area (Å²) in [6.07, 6.45) is 2.62. The fourth-order valence-electron chi connectivity index (χ4n) is 4.96. The molecule has 0 saturated heterocycles. The van der Waals surface area contributed by atoms with Crippen LogP contribution in [0.15, 0.2) is 72.1 Å². The summed E-state index contributed by atoms with van der Waals surface area (Å²) in [5, 5.41) is 12.8. The quantitative estimate of drug-likeness (QED) is 0.359. The smallest absolute Gasteiger partial charge is 0.237 e. The van der Waals surface area contributed by atoms with Gasteiger partial charge in [0.25, 0.3) is 0 Å². The molecule has 2 atom stereocenters. The van der Waals surface area contributed by atoms with Crippen LogP contribution in [0, 0.1) is 5.92 Å². The first-order valence-corrected chi connectivity index (χ1v) is 14.1. The number of rotatable bonds is 13. The molecule has 37 heavy (non-hydrogen) atoms. The van der Waals surface area contributed by atoms with E-state index >= 15 is 0 Å². The van der Waals surface area contributed by atoms with E-state index in [1.165, 1.54) is 23.3 Å². The summed E-state index contributed by atoms with van der Waals surface area (Å²) in [7, 11) is 0. The first-order valence-electron chi connectivity index (χ1n) is 13.2.